The van der Waals surface area contributed by atoms with Gasteiger partial charge in [-0.15, -0.1) is 0 Å². The van der Waals surface area contributed by atoms with Crippen LogP contribution in [0.1, 0.15) is 24.3 Å². The Morgan fingerprint density at radius 3 is 2.67 bits per heavy atom. The lowest BCUT2D eigenvalue weighted by Crippen LogP contribution is -2.46. The van der Waals surface area contributed by atoms with Crippen molar-refractivity contribution >= 4 is 0 Å². The van der Waals surface area contributed by atoms with E-state index in [0.717, 1.165) is 18.4 Å². The van der Waals surface area contributed by atoms with Crippen LogP contribution >= 0.6 is 0 Å². The Bertz CT molecular complexity index is 405. The van der Waals surface area contributed by atoms with Crippen molar-refractivity contribution in [3.63, 3.8) is 0 Å². The Morgan fingerprint density at radius 2 is 2.06 bits per heavy atom. The number of nitrogens with one attached hydrogen (secondary N) is 1. The number of halogens is 3. The monoisotopic (exact) mass is 259 g/mol. The fraction of sp³-hybridized carbons (Fsp3) is 0.538. The molecule has 18 heavy (non-hydrogen) atoms. The van der Waals surface area contributed by atoms with Crippen molar-refractivity contribution in [3.8, 4) is 0 Å². The van der Waals surface area contributed by atoms with Crippen molar-refractivity contribution in [2.24, 2.45) is 0 Å². The fourth-order valence-electron chi connectivity index (χ4n) is 2.17. The molecule has 0 atom stereocenters. The Balaban J connectivity index is 1.77. The van der Waals surface area contributed by atoms with Crippen LogP contribution in [0.25, 0.3) is 0 Å². The van der Waals surface area contributed by atoms with Gasteiger partial charge in [0.2, 0.25) is 0 Å². The molecular weight excluding hydrogens is 243 g/mol. The first-order chi connectivity index (χ1) is 8.50. The summed E-state index contributed by atoms with van der Waals surface area (Å²) in [5, 5.41) is 11.1. The van der Waals surface area contributed by atoms with E-state index in [9.17, 15) is 13.2 Å². The summed E-state index contributed by atoms with van der Waals surface area (Å²) in [6, 6.07) is 6.41. The zero-order valence-electron chi connectivity index (χ0n) is 9.87. The van der Waals surface area contributed by atoms with Gasteiger partial charge in [0, 0.05) is 6.04 Å². The maximum atomic E-state index is 13.0. The highest BCUT2D eigenvalue weighted by Gasteiger charge is 2.34. The molecule has 0 aromatic heterocycles. The zero-order chi connectivity index (χ0) is 13.2. The smallest absolute Gasteiger partial charge is 0.282 e. The van der Waals surface area contributed by atoms with Crippen LogP contribution in [0.5, 0.6) is 0 Å². The summed E-state index contributed by atoms with van der Waals surface area (Å²) in [5.41, 5.74) is 0.918. The number of hydrogen-bond acceptors (Lipinski definition) is 2. The Morgan fingerprint density at radius 1 is 1.33 bits per heavy atom. The van der Waals surface area contributed by atoms with Gasteiger partial charge in [-0.1, -0.05) is 12.1 Å². The summed E-state index contributed by atoms with van der Waals surface area (Å²) in [7, 11) is 0. The molecule has 0 spiro atoms. The molecule has 0 radical (unpaired) electrons. The van der Waals surface area contributed by atoms with E-state index in [2.05, 4.69) is 5.32 Å². The Labute approximate surface area is 104 Å². The van der Waals surface area contributed by atoms with Gasteiger partial charge >= 0.3 is 0 Å². The van der Waals surface area contributed by atoms with Gasteiger partial charge in [0.25, 0.3) is 5.92 Å². The van der Waals surface area contributed by atoms with Crippen molar-refractivity contribution in [3.05, 3.63) is 35.6 Å². The van der Waals surface area contributed by atoms with Gasteiger partial charge in [-0.3, -0.25) is 0 Å². The van der Waals surface area contributed by atoms with Crippen LogP contribution in [0.15, 0.2) is 24.3 Å². The lowest BCUT2D eigenvalue weighted by molar-refractivity contribution is -0.0512. The molecule has 2 rings (SSSR count). The third kappa shape index (κ3) is 3.23. The second-order valence-corrected chi connectivity index (χ2v) is 4.82. The predicted molar refractivity (Wildman–Crippen MR) is 62.2 cm³/mol. The van der Waals surface area contributed by atoms with Gasteiger partial charge in [0.05, 0.1) is 6.54 Å². The van der Waals surface area contributed by atoms with Gasteiger partial charge in [0.1, 0.15) is 12.4 Å². The highest BCUT2D eigenvalue weighted by Crippen LogP contribution is 2.37. The highest BCUT2D eigenvalue weighted by atomic mass is 19.3. The van der Waals surface area contributed by atoms with Gasteiger partial charge in [-0.05, 0) is 36.5 Å². The normalized spacial score (nSPS) is 23.8. The highest BCUT2D eigenvalue weighted by molar-refractivity contribution is 5.23. The van der Waals surface area contributed by atoms with E-state index in [4.69, 9.17) is 5.11 Å². The lowest BCUT2D eigenvalue weighted by Gasteiger charge is -2.37. The van der Waals surface area contributed by atoms with E-state index in [1.54, 1.807) is 6.07 Å². The van der Waals surface area contributed by atoms with E-state index in [0.29, 0.717) is 0 Å². The molecule has 1 saturated carbocycles. The lowest BCUT2D eigenvalue weighted by atomic mass is 9.76. The summed E-state index contributed by atoms with van der Waals surface area (Å²) in [5.74, 6) is -3.10. The average molecular weight is 259 g/mol. The molecule has 1 aromatic rings. The largest absolute Gasteiger partial charge is 0.390 e. The van der Waals surface area contributed by atoms with Crippen LogP contribution in [0.3, 0.4) is 0 Å². The van der Waals surface area contributed by atoms with Crippen LogP contribution in [-0.4, -0.2) is 30.2 Å². The summed E-state index contributed by atoms with van der Waals surface area (Å²) >= 11 is 0. The van der Waals surface area contributed by atoms with E-state index in [-0.39, 0.29) is 17.8 Å². The third-order valence-corrected chi connectivity index (χ3v) is 3.34. The number of benzene rings is 1. The molecule has 0 saturated heterocycles. The van der Waals surface area contributed by atoms with Crippen LogP contribution < -0.4 is 5.32 Å². The molecule has 5 heteroatoms. The van der Waals surface area contributed by atoms with E-state index in [1.165, 1.54) is 12.1 Å². The first-order valence-electron chi connectivity index (χ1n) is 5.98. The molecule has 1 fully saturated rings. The molecule has 0 amide bonds. The minimum Gasteiger partial charge on any atom is -0.390 e. The van der Waals surface area contributed by atoms with Gasteiger partial charge < -0.3 is 10.4 Å². The first-order valence-corrected chi connectivity index (χ1v) is 5.98. The summed E-state index contributed by atoms with van der Waals surface area (Å²) in [6.45, 7) is -1.65. The number of rotatable bonds is 5. The van der Waals surface area contributed by atoms with Crippen LogP contribution in [-0.2, 0) is 0 Å². The fourth-order valence-corrected chi connectivity index (χ4v) is 2.17. The molecule has 0 bridgehead atoms. The molecule has 0 unspecified atom stereocenters. The first kappa shape index (κ1) is 13.4. The quantitative estimate of drug-likeness (QED) is 0.850. The summed E-state index contributed by atoms with van der Waals surface area (Å²) in [6.07, 6.45) is 1.45. The Hall–Kier alpha value is -1.07. The van der Waals surface area contributed by atoms with Crippen LogP contribution in [0.2, 0.25) is 0 Å². The molecule has 1 aromatic carbocycles. The maximum absolute atomic E-state index is 13.0. The molecule has 0 aliphatic heterocycles. The van der Waals surface area contributed by atoms with E-state index < -0.39 is 19.1 Å². The molecular formula is C13H16F3NO. The second-order valence-electron chi connectivity index (χ2n) is 4.82. The molecule has 1 aliphatic carbocycles. The minimum absolute atomic E-state index is 0.0238. The predicted octanol–water partition coefficient (Wildman–Crippen LogP) is 2.29. The van der Waals surface area contributed by atoms with Crippen LogP contribution in [0, 0.1) is 5.82 Å². The summed E-state index contributed by atoms with van der Waals surface area (Å²) < 4.78 is 38.6. The van der Waals surface area contributed by atoms with Gasteiger partial charge in [-0.25, -0.2) is 13.2 Å². The maximum Gasteiger partial charge on any atom is 0.282 e. The molecule has 100 valence electrons. The molecule has 2 N–H and O–H groups in total. The number of aliphatic hydroxyl groups is 1. The van der Waals surface area contributed by atoms with Crippen molar-refractivity contribution < 1.29 is 18.3 Å². The van der Waals surface area contributed by atoms with Crippen molar-refractivity contribution in [2.75, 3.05) is 13.2 Å². The number of aliphatic hydroxyl groups excluding tert-OH is 1. The molecule has 2 nitrogen and oxygen atoms in total. The standard InChI is InChI=1S/C13H16F3NO/c14-11-3-1-2-9(4-11)10-5-12(6-10)17-7-13(15,16)8-18/h1-4,10,12,17-18H,5-8H2. The Kier molecular flexibility index (Phi) is 3.92. The SMILES string of the molecule is OCC(F)(F)CNC1CC(c2cccc(F)c2)C1. The van der Waals surface area contributed by atoms with Crippen LogP contribution in [0.4, 0.5) is 13.2 Å². The van der Waals surface area contributed by atoms with Gasteiger partial charge in [0.15, 0.2) is 0 Å². The number of hydrogen-bond donors (Lipinski definition) is 2. The van der Waals surface area contributed by atoms with Crippen molar-refractivity contribution in [2.45, 2.75) is 30.7 Å². The zero-order valence-corrected chi connectivity index (χ0v) is 9.87. The summed E-state index contributed by atoms with van der Waals surface area (Å²) in [4.78, 5) is 0. The van der Waals surface area contributed by atoms with E-state index >= 15 is 0 Å². The van der Waals surface area contributed by atoms with E-state index in [1.807, 2.05) is 6.07 Å². The second kappa shape index (κ2) is 5.28. The number of alkyl halides is 2. The molecule has 1 aliphatic rings. The third-order valence-electron chi connectivity index (χ3n) is 3.34. The molecule has 0 heterocycles. The van der Waals surface area contributed by atoms with Crippen molar-refractivity contribution in [1.29, 1.82) is 0 Å². The van der Waals surface area contributed by atoms with Crippen molar-refractivity contribution in [1.82, 2.24) is 5.32 Å². The minimum atomic E-state index is -3.07. The van der Waals surface area contributed by atoms with Gasteiger partial charge in [-0.2, -0.15) is 0 Å². The average Bonchev–Trinajstić information content (AvgIpc) is 2.27. The topological polar surface area (TPSA) is 32.3 Å².